The average Bonchev–Trinajstić information content (AvgIpc) is 2.45. The SMILES string of the molecule is CCCNC(C)c1ccnc(N(CC)C(C)CN(C)C)c1. The highest BCUT2D eigenvalue weighted by Gasteiger charge is 2.16. The largest absolute Gasteiger partial charge is 0.353 e. The lowest BCUT2D eigenvalue weighted by molar-refractivity contribution is 0.372. The number of rotatable bonds is 9. The fourth-order valence-electron chi connectivity index (χ4n) is 2.67. The lowest BCUT2D eigenvalue weighted by atomic mass is 10.1. The Hall–Kier alpha value is -1.13. The zero-order valence-electron chi connectivity index (χ0n) is 14.6. The van der Waals surface area contributed by atoms with Crippen LogP contribution < -0.4 is 10.2 Å². The van der Waals surface area contributed by atoms with Crippen LogP contribution >= 0.6 is 0 Å². The molecule has 1 aromatic rings. The van der Waals surface area contributed by atoms with Gasteiger partial charge in [0.15, 0.2) is 0 Å². The van der Waals surface area contributed by atoms with Crippen molar-refractivity contribution < 1.29 is 0 Å². The van der Waals surface area contributed by atoms with Crippen LogP contribution in [-0.4, -0.2) is 49.7 Å². The summed E-state index contributed by atoms with van der Waals surface area (Å²) < 4.78 is 0. The molecule has 0 aliphatic heterocycles. The molecule has 2 atom stereocenters. The van der Waals surface area contributed by atoms with E-state index in [1.807, 2.05) is 6.20 Å². The highest BCUT2D eigenvalue weighted by atomic mass is 15.2. The van der Waals surface area contributed by atoms with E-state index in [1.54, 1.807) is 0 Å². The van der Waals surface area contributed by atoms with E-state index in [1.165, 1.54) is 5.56 Å². The van der Waals surface area contributed by atoms with E-state index in [9.17, 15) is 0 Å². The van der Waals surface area contributed by atoms with Crippen molar-refractivity contribution >= 4 is 5.82 Å². The smallest absolute Gasteiger partial charge is 0.129 e. The van der Waals surface area contributed by atoms with Gasteiger partial charge in [0.05, 0.1) is 0 Å². The zero-order chi connectivity index (χ0) is 15.8. The van der Waals surface area contributed by atoms with Crippen molar-refractivity contribution in [1.29, 1.82) is 0 Å². The van der Waals surface area contributed by atoms with Crippen LogP contribution in [0.4, 0.5) is 5.82 Å². The predicted octanol–water partition coefficient (Wildman–Crippen LogP) is 2.92. The summed E-state index contributed by atoms with van der Waals surface area (Å²) in [5.41, 5.74) is 1.31. The molecule has 21 heavy (non-hydrogen) atoms. The molecular formula is C17H32N4. The Kier molecular flexibility index (Phi) is 7.68. The van der Waals surface area contributed by atoms with Crippen LogP contribution in [0.2, 0.25) is 0 Å². The summed E-state index contributed by atoms with van der Waals surface area (Å²) in [5.74, 6) is 1.08. The molecule has 0 aliphatic carbocycles. The van der Waals surface area contributed by atoms with Gasteiger partial charge in [-0.25, -0.2) is 4.98 Å². The van der Waals surface area contributed by atoms with Crippen LogP contribution in [0.5, 0.6) is 0 Å². The van der Waals surface area contributed by atoms with Gasteiger partial charge in [-0.05, 0) is 65.5 Å². The van der Waals surface area contributed by atoms with E-state index in [2.05, 4.69) is 74.0 Å². The summed E-state index contributed by atoms with van der Waals surface area (Å²) in [6.07, 6.45) is 3.09. The number of pyridine rings is 1. The summed E-state index contributed by atoms with van der Waals surface area (Å²) in [6, 6.07) is 5.16. The molecule has 2 unspecified atom stereocenters. The molecule has 0 saturated carbocycles. The van der Waals surface area contributed by atoms with Crippen molar-refractivity contribution in [2.75, 3.05) is 38.6 Å². The third kappa shape index (κ3) is 5.64. The van der Waals surface area contributed by atoms with Crippen molar-refractivity contribution in [3.05, 3.63) is 23.9 Å². The Bertz CT molecular complexity index is 406. The van der Waals surface area contributed by atoms with Crippen molar-refractivity contribution in [2.45, 2.75) is 46.2 Å². The minimum Gasteiger partial charge on any atom is -0.353 e. The molecule has 0 bridgehead atoms. The average molecular weight is 292 g/mol. The molecule has 4 nitrogen and oxygen atoms in total. The zero-order valence-corrected chi connectivity index (χ0v) is 14.6. The summed E-state index contributed by atoms with van der Waals surface area (Å²) in [7, 11) is 4.23. The van der Waals surface area contributed by atoms with Crippen molar-refractivity contribution in [3.8, 4) is 0 Å². The summed E-state index contributed by atoms with van der Waals surface area (Å²) in [5, 5.41) is 3.54. The first-order chi connectivity index (χ1) is 9.99. The van der Waals surface area contributed by atoms with Gasteiger partial charge in [-0.3, -0.25) is 0 Å². The Morgan fingerprint density at radius 3 is 2.52 bits per heavy atom. The highest BCUT2D eigenvalue weighted by Crippen LogP contribution is 2.20. The predicted molar refractivity (Wildman–Crippen MR) is 92.0 cm³/mol. The monoisotopic (exact) mass is 292 g/mol. The molecule has 0 saturated heterocycles. The van der Waals surface area contributed by atoms with Crippen LogP contribution in [0.1, 0.15) is 45.7 Å². The molecule has 120 valence electrons. The fourth-order valence-corrected chi connectivity index (χ4v) is 2.67. The van der Waals surface area contributed by atoms with E-state index in [0.717, 1.165) is 31.9 Å². The number of nitrogens with zero attached hydrogens (tertiary/aromatic N) is 3. The van der Waals surface area contributed by atoms with Gasteiger partial charge >= 0.3 is 0 Å². The van der Waals surface area contributed by atoms with E-state index in [0.29, 0.717) is 12.1 Å². The van der Waals surface area contributed by atoms with Crippen LogP contribution in [-0.2, 0) is 0 Å². The Morgan fingerprint density at radius 1 is 1.24 bits per heavy atom. The number of likely N-dealkylation sites (N-methyl/N-ethyl adjacent to an activating group) is 2. The molecule has 0 radical (unpaired) electrons. The van der Waals surface area contributed by atoms with Crippen LogP contribution in [0.15, 0.2) is 18.3 Å². The first kappa shape index (κ1) is 17.9. The van der Waals surface area contributed by atoms with Gasteiger partial charge in [0, 0.05) is 31.4 Å². The third-order valence-corrected chi connectivity index (χ3v) is 3.77. The molecule has 0 spiro atoms. The molecule has 0 amide bonds. The fraction of sp³-hybridized carbons (Fsp3) is 0.706. The van der Waals surface area contributed by atoms with Gasteiger partial charge in [-0.1, -0.05) is 6.92 Å². The second-order valence-corrected chi connectivity index (χ2v) is 6.02. The standard InChI is InChI=1S/C17H32N4/c1-7-10-18-15(4)16-9-11-19-17(12-16)21(8-2)14(3)13-20(5)6/h9,11-12,14-15,18H,7-8,10,13H2,1-6H3. The van der Waals surface area contributed by atoms with Gasteiger partial charge in [-0.15, -0.1) is 0 Å². The molecule has 1 aromatic heterocycles. The van der Waals surface area contributed by atoms with Gasteiger partial charge in [-0.2, -0.15) is 0 Å². The van der Waals surface area contributed by atoms with E-state index in [-0.39, 0.29) is 0 Å². The van der Waals surface area contributed by atoms with E-state index < -0.39 is 0 Å². The Morgan fingerprint density at radius 2 is 1.95 bits per heavy atom. The number of hydrogen-bond acceptors (Lipinski definition) is 4. The minimum atomic E-state index is 0.370. The van der Waals surface area contributed by atoms with Crippen molar-refractivity contribution in [3.63, 3.8) is 0 Å². The summed E-state index contributed by atoms with van der Waals surface area (Å²) in [6.45, 7) is 11.9. The summed E-state index contributed by atoms with van der Waals surface area (Å²) in [4.78, 5) is 9.18. The van der Waals surface area contributed by atoms with Crippen LogP contribution in [0.25, 0.3) is 0 Å². The molecule has 1 rings (SSSR count). The summed E-state index contributed by atoms with van der Waals surface area (Å²) >= 11 is 0. The molecular weight excluding hydrogens is 260 g/mol. The number of aromatic nitrogens is 1. The van der Waals surface area contributed by atoms with Gasteiger partial charge in [0.2, 0.25) is 0 Å². The van der Waals surface area contributed by atoms with Gasteiger partial charge in [0.25, 0.3) is 0 Å². The molecule has 0 aromatic carbocycles. The number of nitrogens with one attached hydrogen (secondary N) is 1. The number of anilines is 1. The van der Waals surface area contributed by atoms with Gasteiger partial charge in [0.1, 0.15) is 5.82 Å². The first-order valence-corrected chi connectivity index (χ1v) is 8.10. The lowest BCUT2D eigenvalue weighted by Crippen LogP contribution is -2.40. The van der Waals surface area contributed by atoms with Crippen LogP contribution in [0, 0.1) is 0 Å². The molecule has 1 N–H and O–H groups in total. The molecule has 4 heteroatoms. The minimum absolute atomic E-state index is 0.370. The Balaban J connectivity index is 2.85. The second-order valence-electron chi connectivity index (χ2n) is 6.02. The highest BCUT2D eigenvalue weighted by molar-refractivity contribution is 5.42. The third-order valence-electron chi connectivity index (χ3n) is 3.77. The van der Waals surface area contributed by atoms with Crippen molar-refractivity contribution in [2.24, 2.45) is 0 Å². The van der Waals surface area contributed by atoms with E-state index >= 15 is 0 Å². The first-order valence-electron chi connectivity index (χ1n) is 8.10. The second kappa shape index (κ2) is 9.00. The number of hydrogen-bond donors (Lipinski definition) is 1. The topological polar surface area (TPSA) is 31.4 Å². The quantitative estimate of drug-likeness (QED) is 0.758. The maximum Gasteiger partial charge on any atom is 0.129 e. The van der Waals surface area contributed by atoms with Crippen molar-refractivity contribution in [1.82, 2.24) is 15.2 Å². The molecule has 0 fully saturated rings. The normalized spacial score (nSPS) is 14.2. The van der Waals surface area contributed by atoms with E-state index in [4.69, 9.17) is 0 Å². The lowest BCUT2D eigenvalue weighted by Gasteiger charge is -2.31. The molecule has 1 heterocycles. The Labute approximate surface area is 130 Å². The maximum atomic E-state index is 4.58. The van der Waals surface area contributed by atoms with Gasteiger partial charge < -0.3 is 15.1 Å². The maximum absolute atomic E-state index is 4.58. The molecule has 0 aliphatic rings. The van der Waals surface area contributed by atoms with Crippen LogP contribution in [0.3, 0.4) is 0 Å².